The first kappa shape index (κ1) is 17.8. The van der Waals surface area contributed by atoms with Gasteiger partial charge in [0, 0.05) is 19.1 Å². The summed E-state index contributed by atoms with van der Waals surface area (Å²) in [5.74, 6) is 1.98. The van der Waals surface area contributed by atoms with Crippen LogP contribution in [0.2, 0.25) is 0 Å². The van der Waals surface area contributed by atoms with E-state index in [2.05, 4.69) is 17.1 Å². The second kappa shape index (κ2) is 7.96. The van der Waals surface area contributed by atoms with Crippen LogP contribution >= 0.6 is 0 Å². The molecule has 1 amide bonds. The maximum Gasteiger partial charge on any atom is 0.239 e. The van der Waals surface area contributed by atoms with Gasteiger partial charge in [-0.1, -0.05) is 19.8 Å². The number of hydrogen-bond acceptors (Lipinski definition) is 3. The summed E-state index contributed by atoms with van der Waals surface area (Å²) in [5.41, 5.74) is 0. The summed E-state index contributed by atoms with van der Waals surface area (Å²) in [6.45, 7) is 4.13. The molecule has 0 bridgehead atoms. The normalized spacial score (nSPS) is 40.0. The van der Waals surface area contributed by atoms with Crippen LogP contribution in [0.1, 0.15) is 77.6 Å². The van der Waals surface area contributed by atoms with Gasteiger partial charge in [0.1, 0.15) is 0 Å². The van der Waals surface area contributed by atoms with E-state index in [0.717, 1.165) is 44.2 Å². The van der Waals surface area contributed by atoms with Gasteiger partial charge in [-0.15, -0.1) is 0 Å². The Balaban J connectivity index is 1.21. The average Bonchev–Trinajstić information content (AvgIpc) is 3.08. The van der Waals surface area contributed by atoms with Crippen LogP contribution in [0.4, 0.5) is 0 Å². The van der Waals surface area contributed by atoms with E-state index in [9.17, 15) is 4.79 Å². The van der Waals surface area contributed by atoms with E-state index in [1.165, 1.54) is 51.4 Å². The number of carbonyl (C=O) groups excluding carboxylic acids is 1. The lowest BCUT2D eigenvalue weighted by Gasteiger charge is -2.36. The number of carbonyl (C=O) groups is 1. The monoisotopic (exact) mass is 348 g/mol. The molecule has 4 aliphatic rings. The van der Waals surface area contributed by atoms with Crippen LogP contribution in [-0.2, 0) is 9.53 Å². The van der Waals surface area contributed by atoms with E-state index >= 15 is 0 Å². The molecule has 4 rings (SSSR count). The summed E-state index contributed by atoms with van der Waals surface area (Å²) in [4.78, 5) is 15.0. The van der Waals surface area contributed by atoms with Crippen molar-refractivity contribution in [2.45, 2.75) is 102 Å². The van der Waals surface area contributed by atoms with E-state index in [1.807, 2.05) is 0 Å². The highest BCUT2D eigenvalue weighted by Crippen LogP contribution is 2.34. The molecule has 142 valence electrons. The van der Waals surface area contributed by atoms with Crippen molar-refractivity contribution in [1.82, 2.24) is 10.2 Å². The fourth-order valence-corrected chi connectivity index (χ4v) is 5.58. The summed E-state index contributed by atoms with van der Waals surface area (Å²) < 4.78 is 6.36. The Morgan fingerprint density at radius 1 is 0.920 bits per heavy atom. The average molecular weight is 349 g/mol. The molecule has 1 N–H and O–H groups in total. The minimum atomic E-state index is 0.0883. The van der Waals surface area contributed by atoms with Gasteiger partial charge in [-0.2, -0.15) is 0 Å². The SMILES string of the molecule is CC1CCC(OC2CCN(C(=O)C3CC4CCCCC4N3)CC2)CC1. The molecule has 2 saturated heterocycles. The van der Waals surface area contributed by atoms with Gasteiger partial charge in [0.2, 0.25) is 5.91 Å². The molecule has 2 saturated carbocycles. The zero-order valence-electron chi connectivity index (χ0n) is 15.9. The van der Waals surface area contributed by atoms with Crippen molar-refractivity contribution in [3.8, 4) is 0 Å². The van der Waals surface area contributed by atoms with E-state index in [0.29, 0.717) is 24.2 Å². The quantitative estimate of drug-likeness (QED) is 0.849. The van der Waals surface area contributed by atoms with Crippen molar-refractivity contribution in [2.75, 3.05) is 13.1 Å². The first-order chi connectivity index (χ1) is 12.2. The summed E-state index contributed by atoms with van der Waals surface area (Å²) in [6.07, 6.45) is 14.3. The van der Waals surface area contributed by atoms with E-state index in [-0.39, 0.29) is 6.04 Å². The second-order valence-corrected chi connectivity index (χ2v) is 9.15. The first-order valence-electron chi connectivity index (χ1n) is 10.9. The molecule has 2 aliphatic carbocycles. The fourth-order valence-electron chi connectivity index (χ4n) is 5.58. The molecule has 2 aliphatic heterocycles. The van der Waals surface area contributed by atoms with E-state index in [1.54, 1.807) is 0 Å². The minimum Gasteiger partial charge on any atom is -0.375 e. The molecule has 0 aromatic rings. The van der Waals surface area contributed by atoms with Crippen LogP contribution in [0.3, 0.4) is 0 Å². The van der Waals surface area contributed by atoms with Gasteiger partial charge in [0.15, 0.2) is 0 Å². The molecular formula is C21H36N2O2. The fraction of sp³-hybridized carbons (Fsp3) is 0.952. The van der Waals surface area contributed by atoms with Crippen LogP contribution in [0.25, 0.3) is 0 Å². The lowest BCUT2D eigenvalue weighted by molar-refractivity contribution is -0.137. The Morgan fingerprint density at radius 3 is 2.32 bits per heavy atom. The van der Waals surface area contributed by atoms with Gasteiger partial charge in [-0.25, -0.2) is 0 Å². The van der Waals surface area contributed by atoms with Gasteiger partial charge in [0.25, 0.3) is 0 Å². The molecule has 3 unspecified atom stereocenters. The lowest BCUT2D eigenvalue weighted by atomic mass is 9.85. The Bertz CT molecular complexity index is 439. The third-order valence-electron chi connectivity index (χ3n) is 7.26. The maximum absolute atomic E-state index is 12.9. The number of fused-ring (bicyclic) bond motifs is 1. The molecular weight excluding hydrogens is 312 g/mol. The summed E-state index contributed by atoms with van der Waals surface area (Å²) in [6, 6.07) is 0.697. The number of piperidine rings is 1. The van der Waals surface area contributed by atoms with Gasteiger partial charge in [-0.05, 0) is 69.6 Å². The number of amides is 1. The predicted molar refractivity (Wildman–Crippen MR) is 99.4 cm³/mol. The highest BCUT2D eigenvalue weighted by atomic mass is 16.5. The highest BCUT2D eigenvalue weighted by molar-refractivity contribution is 5.82. The molecule has 0 aromatic carbocycles. The standard InChI is InChI=1S/C21H36N2O2/c1-15-6-8-17(9-7-15)25-18-10-12-23(13-11-18)21(24)20-14-16-4-2-3-5-19(16)22-20/h15-20,22H,2-14H2,1H3. The van der Waals surface area contributed by atoms with Crippen molar-refractivity contribution in [1.29, 1.82) is 0 Å². The van der Waals surface area contributed by atoms with Crippen LogP contribution in [0.5, 0.6) is 0 Å². The van der Waals surface area contributed by atoms with Crippen molar-refractivity contribution in [3.05, 3.63) is 0 Å². The Labute approximate surface area is 153 Å². The van der Waals surface area contributed by atoms with Crippen molar-refractivity contribution in [2.24, 2.45) is 11.8 Å². The number of likely N-dealkylation sites (tertiary alicyclic amines) is 1. The molecule has 0 radical (unpaired) electrons. The Morgan fingerprint density at radius 2 is 1.60 bits per heavy atom. The maximum atomic E-state index is 12.9. The smallest absolute Gasteiger partial charge is 0.239 e. The second-order valence-electron chi connectivity index (χ2n) is 9.15. The highest BCUT2D eigenvalue weighted by Gasteiger charge is 2.40. The Hall–Kier alpha value is -0.610. The summed E-state index contributed by atoms with van der Waals surface area (Å²) >= 11 is 0. The zero-order valence-corrected chi connectivity index (χ0v) is 15.9. The third kappa shape index (κ3) is 4.21. The molecule has 4 fully saturated rings. The Kier molecular flexibility index (Phi) is 5.66. The molecule has 4 heteroatoms. The molecule has 3 atom stereocenters. The molecule has 4 nitrogen and oxygen atoms in total. The van der Waals surface area contributed by atoms with Gasteiger partial charge < -0.3 is 15.0 Å². The molecule has 2 heterocycles. The number of ether oxygens (including phenoxy) is 1. The van der Waals surface area contributed by atoms with Crippen molar-refractivity contribution >= 4 is 5.91 Å². The predicted octanol–water partition coefficient (Wildman–Crippen LogP) is 3.49. The van der Waals surface area contributed by atoms with Crippen LogP contribution < -0.4 is 5.32 Å². The first-order valence-corrected chi connectivity index (χ1v) is 10.9. The largest absolute Gasteiger partial charge is 0.375 e. The van der Waals surface area contributed by atoms with Crippen molar-refractivity contribution in [3.63, 3.8) is 0 Å². The molecule has 0 spiro atoms. The zero-order chi connectivity index (χ0) is 17.2. The lowest BCUT2D eigenvalue weighted by Crippen LogP contribution is -2.49. The van der Waals surface area contributed by atoms with Gasteiger partial charge in [0.05, 0.1) is 18.2 Å². The van der Waals surface area contributed by atoms with Crippen LogP contribution in [0, 0.1) is 11.8 Å². The molecule has 25 heavy (non-hydrogen) atoms. The van der Waals surface area contributed by atoms with Gasteiger partial charge in [-0.3, -0.25) is 4.79 Å². The van der Waals surface area contributed by atoms with E-state index < -0.39 is 0 Å². The van der Waals surface area contributed by atoms with Gasteiger partial charge >= 0.3 is 0 Å². The van der Waals surface area contributed by atoms with Crippen LogP contribution in [0.15, 0.2) is 0 Å². The summed E-state index contributed by atoms with van der Waals surface area (Å²) in [7, 11) is 0. The van der Waals surface area contributed by atoms with Crippen LogP contribution in [-0.4, -0.2) is 48.2 Å². The topological polar surface area (TPSA) is 41.6 Å². The minimum absolute atomic E-state index is 0.0883. The number of nitrogens with zero attached hydrogens (tertiary/aromatic N) is 1. The number of rotatable bonds is 3. The number of nitrogens with one attached hydrogen (secondary N) is 1. The third-order valence-corrected chi connectivity index (χ3v) is 7.26. The summed E-state index contributed by atoms with van der Waals surface area (Å²) in [5, 5.41) is 3.65. The molecule has 0 aromatic heterocycles. The van der Waals surface area contributed by atoms with E-state index in [4.69, 9.17) is 4.74 Å². The number of hydrogen-bond donors (Lipinski definition) is 1. The van der Waals surface area contributed by atoms with Crippen molar-refractivity contribution < 1.29 is 9.53 Å².